The van der Waals surface area contributed by atoms with Gasteiger partial charge in [0.05, 0.1) is 0 Å². The van der Waals surface area contributed by atoms with Gasteiger partial charge in [-0.25, -0.2) is 0 Å². The molecule has 1 aliphatic heterocycles. The average Bonchev–Trinajstić information content (AvgIpc) is 2.66. The van der Waals surface area contributed by atoms with Gasteiger partial charge >= 0.3 is 0 Å². The summed E-state index contributed by atoms with van der Waals surface area (Å²) in [5.74, 6) is 1.04. The molecule has 0 aliphatic carbocycles. The lowest BCUT2D eigenvalue weighted by Gasteiger charge is -2.35. The van der Waals surface area contributed by atoms with Crippen LogP contribution in [0.3, 0.4) is 0 Å². The second-order valence-corrected chi connectivity index (χ2v) is 5.36. The van der Waals surface area contributed by atoms with Gasteiger partial charge in [-0.3, -0.25) is 4.90 Å². The number of nitrogens with two attached hydrogens (primary N) is 1. The summed E-state index contributed by atoms with van der Waals surface area (Å²) in [6.45, 7) is 3.03. The molecule has 96 valence electrons. The number of piperidine rings is 1. The molecule has 1 aliphatic rings. The van der Waals surface area contributed by atoms with Gasteiger partial charge in [0.2, 0.25) is 0 Å². The maximum absolute atomic E-state index is 6.03. The lowest BCUT2D eigenvalue weighted by Crippen LogP contribution is -2.42. The Morgan fingerprint density at radius 2 is 2.06 bits per heavy atom. The third-order valence-corrected chi connectivity index (χ3v) is 4.02. The van der Waals surface area contributed by atoms with Crippen LogP contribution in [0.2, 0.25) is 0 Å². The molecule has 0 amide bonds. The first-order valence-electron chi connectivity index (χ1n) is 6.60. The number of aryl methyl sites for hydroxylation is 1. The van der Waals surface area contributed by atoms with E-state index in [2.05, 4.69) is 31.0 Å². The van der Waals surface area contributed by atoms with Crippen LogP contribution >= 0.6 is 0 Å². The van der Waals surface area contributed by atoms with Crippen molar-refractivity contribution in [3.8, 4) is 0 Å². The van der Waals surface area contributed by atoms with Crippen molar-refractivity contribution in [3.63, 3.8) is 0 Å². The number of furan rings is 1. The Balaban J connectivity index is 2.06. The van der Waals surface area contributed by atoms with Crippen LogP contribution in [0.5, 0.6) is 0 Å². The lowest BCUT2D eigenvalue weighted by molar-refractivity contribution is 0.169. The predicted molar refractivity (Wildman–Crippen MR) is 73.5 cm³/mol. The van der Waals surface area contributed by atoms with Crippen LogP contribution in [0.15, 0.2) is 28.7 Å². The number of fused-ring (bicyclic) bond motifs is 1. The molecule has 2 unspecified atom stereocenters. The molecular formula is C15H20N2O. The van der Waals surface area contributed by atoms with Gasteiger partial charge in [0.25, 0.3) is 0 Å². The molecule has 0 radical (unpaired) electrons. The smallest absolute Gasteiger partial charge is 0.134 e. The molecule has 0 spiro atoms. The molecule has 0 bridgehead atoms. The van der Waals surface area contributed by atoms with Gasteiger partial charge in [-0.2, -0.15) is 0 Å². The van der Waals surface area contributed by atoms with E-state index >= 15 is 0 Å². The highest BCUT2D eigenvalue weighted by Gasteiger charge is 2.28. The first-order valence-corrected chi connectivity index (χ1v) is 6.60. The minimum atomic E-state index is 0.310. The van der Waals surface area contributed by atoms with E-state index in [0.717, 1.165) is 30.7 Å². The van der Waals surface area contributed by atoms with Gasteiger partial charge < -0.3 is 10.2 Å². The molecule has 1 aromatic heterocycles. The minimum absolute atomic E-state index is 0.310. The zero-order chi connectivity index (χ0) is 12.7. The van der Waals surface area contributed by atoms with E-state index in [1.54, 1.807) is 0 Å². The number of likely N-dealkylation sites (N-methyl/N-ethyl adjacent to an activating group) is 1. The van der Waals surface area contributed by atoms with Gasteiger partial charge in [0.1, 0.15) is 11.3 Å². The van der Waals surface area contributed by atoms with E-state index in [4.69, 9.17) is 10.2 Å². The summed E-state index contributed by atoms with van der Waals surface area (Å²) in [5.41, 5.74) is 8.37. The Kier molecular flexibility index (Phi) is 2.88. The maximum Gasteiger partial charge on any atom is 0.134 e. The van der Waals surface area contributed by atoms with Crippen LogP contribution in [0.25, 0.3) is 11.0 Å². The quantitative estimate of drug-likeness (QED) is 0.838. The Labute approximate surface area is 108 Å². The van der Waals surface area contributed by atoms with Crippen molar-refractivity contribution in [2.75, 3.05) is 13.6 Å². The third kappa shape index (κ3) is 1.84. The van der Waals surface area contributed by atoms with Crippen molar-refractivity contribution in [2.45, 2.75) is 31.8 Å². The van der Waals surface area contributed by atoms with Crippen molar-refractivity contribution in [1.29, 1.82) is 0 Å². The van der Waals surface area contributed by atoms with Crippen molar-refractivity contribution in [1.82, 2.24) is 4.90 Å². The summed E-state index contributed by atoms with van der Waals surface area (Å²) >= 11 is 0. The summed E-state index contributed by atoms with van der Waals surface area (Å²) in [6, 6.07) is 9.05. The van der Waals surface area contributed by atoms with Crippen LogP contribution in [0, 0.1) is 6.92 Å². The Morgan fingerprint density at radius 1 is 1.28 bits per heavy atom. The van der Waals surface area contributed by atoms with Crippen molar-refractivity contribution in [3.05, 3.63) is 35.6 Å². The standard InChI is InChI=1S/C15H20N2O/c1-10-15(12-5-3-4-6-14(12)18-10)13-8-7-11(16)9-17(13)2/h3-6,11,13H,7-9,16H2,1-2H3. The van der Waals surface area contributed by atoms with E-state index in [-0.39, 0.29) is 0 Å². The zero-order valence-corrected chi connectivity index (χ0v) is 11.0. The Bertz CT molecular complexity index is 561. The Hall–Kier alpha value is -1.32. The molecule has 1 aromatic carbocycles. The number of hydrogen-bond donors (Lipinski definition) is 1. The van der Waals surface area contributed by atoms with Crippen LogP contribution in [-0.4, -0.2) is 24.5 Å². The number of rotatable bonds is 1. The molecule has 3 rings (SSSR count). The third-order valence-electron chi connectivity index (χ3n) is 4.02. The monoisotopic (exact) mass is 244 g/mol. The first kappa shape index (κ1) is 11.8. The second kappa shape index (κ2) is 4.41. The van der Waals surface area contributed by atoms with Crippen molar-refractivity contribution < 1.29 is 4.42 Å². The summed E-state index contributed by atoms with van der Waals surface area (Å²) in [6.07, 6.45) is 2.20. The molecule has 1 saturated heterocycles. The largest absolute Gasteiger partial charge is 0.461 e. The van der Waals surface area contributed by atoms with Gasteiger partial charge in [0.15, 0.2) is 0 Å². The summed E-state index contributed by atoms with van der Waals surface area (Å²) in [4.78, 5) is 2.36. The van der Waals surface area contributed by atoms with Crippen LogP contribution < -0.4 is 5.73 Å². The van der Waals surface area contributed by atoms with Crippen LogP contribution in [-0.2, 0) is 0 Å². The summed E-state index contributed by atoms with van der Waals surface area (Å²) in [7, 11) is 2.16. The molecule has 1 fully saturated rings. The lowest BCUT2D eigenvalue weighted by atomic mass is 9.92. The van der Waals surface area contributed by atoms with Gasteiger partial charge in [-0.05, 0) is 32.9 Å². The fourth-order valence-corrected chi connectivity index (χ4v) is 3.15. The number of para-hydroxylation sites is 1. The van der Waals surface area contributed by atoms with Crippen LogP contribution in [0.1, 0.15) is 30.2 Å². The van der Waals surface area contributed by atoms with Gasteiger partial charge in [-0.1, -0.05) is 18.2 Å². The highest BCUT2D eigenvalue weighted by Crippen LogP contribution is 2.37. The Morgan fingerprint density at radius 3 is 2.83 bits per heavy atom. The molecule has 3 heteroatoms. The van der Waals surface area contributed by atoms with Gasteiger partial charge in [-0.15, -0.1) is 0 Å². The number of hydrogen-bond acceptors (Lipinski definition) is 3. The molecule has 2 heterocycles. The predicted octanol–water partition coefficient (Wildman–Crippen LogP) is 2.84. The normalized spacial score (nSPS) is 25.7. The minimum Gasteiger partial charge on any atom is -0.461 e. The van der Waals surface area contributed by atoms with E-state index in [0.29, 0.717) is 12.1 Å². The van der Waals surface area contributed by atoms with E-state index in [1.165, 1.54) is 10.9 Å². The molecule has 18 heavy (non-hydrogen) atoms. The molecular weight excluding hydrogens is 224 g/mol. The van der Waals surface area contributed by atoms with Crippen molar-refractivity contribution in [2.24, 2.45) is 5.73 Å². The summed E-state index contributed by atoms with van der Waals surface area (Å²) < 4.78 is 5.87. The fraction of sp³-hybridized carbons (Fsp3) is 0.467. The molecule has 2 atom stereocenters. The first-order chi connectivity index (χ1) is 8.66. The average molecular weight is 244 g/mol. The maximum atomic E-state index is 6.03. The highest BCUT2D eigenvalue weighted by molar-refractivity contribution is 5.82. The number of nitrogens with zero attached hydrogens (tertiary/aromatic N) is 1. The highest BCUT2D eigenvalue weighted by atomic mass is 16.3. The number of likely N-dealkylation sites (tertiary alicyclic amines) is 1. The van der Waals surface area contributed by atoms with E-state index in [1.807, 2.05) is 12.1 Å². The second-order valence-electron chi connectivity index (χ2n) is 5.36. The molecule has 0 saturated carbocycles. The molecule has 2 N–H and O–H groups in total. The SMILES string of the molecule is Cc1oc2ccccc2c1C1CCC(N)CN1C. The molecule has 3 nitrogen and oxygen atoms in total. The number of benzene rings is 1. The van der Waals surface area contributed by atoms with E-state index in [9.17, 15) is 0 Å². The topological polar surface area (TPSA) is 42.4 Å². The molecule has 2 aromatic rings. The van der Waals surface area contributed by atoms with Gasteiger partial charge in [0, 0.05) is 29.6 Å². The fourth-order valence-electron chi connectivity index (χ4n) is 3.15. The summed E-state index contributed by atoms with van der Waals surface area (Å²) in [5, 5.41) is 1.25. The zero-order valence-electron chi connectivity index (χ0n) is 11.0. The van der Waals surface area contributed by atoms with Crippen molar-refractivity contribution >= 4 is 11.0 Å². The van der Waals surface area contributed by atoms with E-state index < -0.39 is 0 Å². The van der Waals surface area contributed by atoms with Crippen LogP contribution in [0.4, 0.5) is 0 Å².